The van der Waals surface area contributed by atoms with Crippen LogP contribution in [0.4, 0.5) is 0 Å². The molecule has 9 heteroatoms. The van der Waals surface area contributed by atoms with E-state index in [1.54, 1.807) is 24.4 Å². The third kappa shape index (κ3) is 6.86. The molecule has 0 fully saturated rings. The van der Waals surface area contributed by atoms with Crippen molar-refractivity contribution in [2.45, 2.75) is 57.4 Å². The number of hydrogen-bond acceptors (Lipinski definition) is 6. The van der Waals surface area contributed by atoms with Gasteiger partial charge in [0.05, 0.1) is 28.6 Å². The third-order valence-corrected chi connectivity index (χ3v) is 7.20. The number of nitrogens with two attached hydrogens (primary N) is 1. The zero-order valence-electron chi connectivity index (χ0n) is 19.5. The summed E-state index contributed by atoms with van der Waals surface area (Å²) in [5.41, 5.74) is 6.31. The van der Waals surface area contributed by atoms with E-state index in [4.69, 9.17) is 11.0 Å². The molecule has 8 nitrogen and oxygen atoms in total. The molecule has 0 aliphatic rings. The number of nitriles is 1. The van der Waals surface area contributed by atoms with E-state index in [1.165, 1.54) is 26.0 Å². The Balaban J connectivity index is 2.17. The summed E-state index contributed by atoms with van der Waals surface area (Å²) in [6.07, 6.45) is 1.41. The Kier molecular flexibility index (Phi) is 7.65. The van der Waals surface area contributed by atoms with Gasteiger partial charge in [0.1, 0.15) is 6.04 Å². The summed E-state index contributed by atoms with van der Waals surface area (Å²) in [5, 5.41) is 11.5. The zero-order valence-corrected chi connectivity index (χ0v) is 20.4. The molecule has 1 aromatic heterocycles. The number of aromatic nitrogens is 1. The first-order chi connectivity index (χ1) is 15.2. The molecule has 176 valence electrons. The number of carbonyl (C=O) groups excluding carboxylic acids is 2. The summed E-state index contributed by atoms with van der Waals surface area (Å²) in [5.74, 6) is -1.86. The molecule has 1 atom stereocenters. The third-order valence-electron chi connectivity index (χ3n) is 5.11. The topological polar surface area (TPSA) is 143 Å². The number of amides is 2. The number of nitrogens with zero attached hydrogens (tertiary/aromatic N) is 2. The van der Waals surface area contributed by atoms with Gasteiger partial charge < -0.3 is 11.1 Å². The van der Waals surface area contributed by atoms with Gasteiger partial charge in [-0.2, -0.15) is 5.26 Å². The number of primary amides is 1. The van der Waals surface area contributed by atoms with E-state index in [1.807, 2.05) is 12.1 Å². The Bertz CT molecular complexity index is 1160. The second kappa shape index (κ2) is 9.71. The van der Waals surface area contributed by atoms with E-state index in [2.05, 4.69) is 31.1 Å². The molecule has 0 aliphatic heterocycles. The number of nitrogens with one attached hydrogen (secondary N) is 1. The SMILES string of the molecule is CC(C)(CS(=O)(=O)c1ccc(-c2ccc(C(C)(C)C)nc2)cc1)C(=O)N[C@H](C#N)CC(N)=O. The second-order valence-corrected chi connectivity index (χ2v) is 11.7. The van der Waals surface area contributed by atoms with Crippen LogP contribution in [0.15, 0.2) is 47.5 Å². The highest BCUT2D eigenvalue weighted by molar-refractivity contribution is 7.91. The summed E-state index contributed by atoms with van der Waals surface area (Å²) < 4.78 is 25.9. The van der Waals surface area contributed by atoms with Crippen LogP contribution in [-0.2, 0) is 24.8 Å². The van der Waals surface area contributed by atoms with Crippen LogP contribution in [0.5, 0.6) is 0 Å². The number of benzene rings is 1. The van der Waals surface area contributed by atoms with Crippen LogP contribution in [0.2, 0.25) is 0 Å². The molecule has 2 amide bonds. The molecule has 1 aromatic carbocycles. The molecule has 0 aliphatic carbocycles. The molecule has 0 spiro atoms. The normalized spacial score (nSPS) is 13.1. The number of hydrogen-bond donors (Lipinski definition) is 2. The maximum absolute atomic E-state index is 13.0. The molecule has 0 unspecified atom stereocenters. The van der Waals surface area contributed by atoms with Crippen molar-refractivity contribution < 1.29 is 18.0 Å². The predicted octanol–water partition coefficient (Wildman–Crippen LogP) is 2.73. The van der Waals surface area contributed by atoms with Crippen molar-refractivity contribution in [3.8, 4) is 17.2 Å². The van der Waals surface area contributed by atoms with Crippen LogP contribution >= 0.6 is 0 Å². The van der Waals surface area contributed by atoms with E-state index in [0.717, 1.165) is 16.8 Å². The van der Waals surface area contributed by atoms with E-state index < -0.39 is 38.9 Å². The summed E-state index contributed by atoms with van der Waals surface area (Å²) in [4.78, 5) is 28.2. The quantitative estimate of drug-likeness (QED) is 0.607. The number of pyridine rings is 1. The Labute approximate surface area is 195 Å². The van der Waals surface area contributed by atoms with Gasteiger partial charge in [-0.15, -0.1) is 0 Å². The van der Waals surface area contributed by atoms with Gasteiger partial charge in [-0.05, 0) is 23.8 Å². The number of carbonyl (C=O) groups is 2. The predicted molar refractivity (Wildman–Crippen MR) is 126 cm³/mol. The first-order valence-corrected chi connectivity index (χ1v) is 12.1. The average molecular weight is 471 g/mol. The van der Waals surface area contributed by atoms with Gasteiger partial charge in [0.2, 0.25) is 11.8 Å². The second-order valence-electron chi connectivity index (χ2n) is 9.68. The number of rotatable bonds is 8. The van der Waals surface area contributed by atoms with Gasteiger partial charge in [-0.1, -0.05) is 52.8 Å². The minimum atomic E-state index is -3.80. The monoisotopic (exact) mass is 470 g/mol. The molecule has 0 saturated heterocycles. The van der Waals surface area contributed by atoms with E-state index >= 15 is 0 Å². The van der Waals surface area contributed by atoms with Gasteiger partial charge in [-0.3, -0.25) is 14.6 Å². The highest BCUT2D eigenvalue weighted by Crippen LogP contribution is 2.27. The lowest BCUT2D eigenvalue weighted by molar-refractivity contribution is -0.129. The summed E-state index contributed by atoms with van der Waals surface area (Å²) in [7, 11) is -3.80. The molecule has 0 radical (unpaired) electrons. The van der Waals surface area contributed by atoms with Crippen LogP contribution in [0.1, 0.15) is 46.7 Å². The fourth-order valence-electron chi connectivity index (χ4n) is 3.17. The van der Waals surface area contributed by atoms with Gasteiger partial charge >= 0.3 is 0 Å². The maximum atomic E-state index is 13.0. The standard InChI is InChI=1S/C24H30N4O4S/c1-23(2,3)20-11-8-17(14-27-20)16-6-9-19(10-7-16)33(31,32)15-24(4,5)22(30)28-18(13-25)12-21(26)29/h6-11,14,18H,12,15H2,1-5H3,(H2,26,29)(H,28,30)/t18-/m0/s1. The molecule has 2 rings (SSSR count). The highest BCUT2D eigenvalue weighted by atomic mass is 32.2. The molecule has 2 aromatic rings. The first kappa shape index (κ1) is 26.0. The Hall–Kier alpha value is -3.25. The number of sulfone groups is 1. The van der Waals surface area contributed by atoms with Crippen LogP contribution in [0, 0.1) is 16.7 Å². The van der Waals surface area contributed by atoms with Gasteiger partial charge in [-0.25, -0.2) is 8.42 Å². The molecule has 0 bridgehead atoms. The van der Waals surface area contributed by atoms with Crippen molar-refractivity contribution >= 4 is 21.7 Å². The van der Waals surface area contributed by atoms with Gasteiger partial charge in [0.25, 0.3) is 0 Å². The molecule has 0 saturated carbocycles. The summed E-state index contributed by atoms with van der Waals surface area (Å²) in [6, 6.07) is 11.0. The fourth-order valence-corrected chi connectivity index (χ4v) is 4.97. The summed E-state index contributed by atoms with van der Waals surface area (Å²) >= 11 is 0. The molecule has 3 N–H and O–H groups in total. The zero-order chi connectivity index (χ0) is 25.0. The fraction of sp³-hybridized carbons (Fsp3) is 0.417. The van der Waals surface area contributed by atoms with Gasteiger partial charge in [0.15, 0.2) is 9.84 Å². The molecular formula is C24H30N4O4S. The summed E-state index contributed by atoms with van der Waals surface area (Å²) in [6.45, 7) is 9.17. The lowest BCUT2D eigenvalue weighted by atomic mass is 9.91. The van der Waals surface area contributed by atoms with Crippen LogP contribution in [-0.4, -0.2) is 37.0 Å². The average Bonchev–Trinajstić information content (AvgIpc) is 2.71. The van der Waals surface area contributed by atoms with Crippen molar-refractivity contribution in [1.82, 2.24) is 10.3 Å². The van der Waals surface area contributed by atoms with E-state index in [-0.39, 0.29) is 16.7 Å². The van der Waals surface area contributed by atoms with Crippen molar-refractivity contribution in [3.05, 3.63) is 48.3 Å². The minimum absolute atomic E-state index is 0.0668. The van der Waals surface area contributed by atoms with E-state index in [0.29, 0.717) is 0 Å². The molecule has 33 heavy (non-hydrogen) atoms. The van der Waals surface area contributed by atoms with E-state index in [9.17, 15) is 18.0 Å². The maximum Gasteiger partial charge on any atom is 0.227 e. The Morgan fingerprint density at radius 1 is 1.06 bits per heavy atom. The van der Waals surface area contributed by atoms with Gasteiger partial charge in [0, 0.05) is 22.9 Å². The molecule has 1 heterocycles. The van der Waals surface area contributed by atoms with Crippen molar-refractivity contribution in [3.63, 3.8) is 0 Å². The lowest BCUT2D eigenvalue weighted by Crippen LogP contribution is -2.46. The highest BCUT2D eigenvalue weighted by Gasteiger charge is 2.35. The van der Waals surface area contributed by atoms with Crippen LogP contribution in [0.25, 0.3) is 11.1 Å². The Morgan fingerprint density at radius 3 is 2.09 bits per heavy atom. The van der Waals surface area contributed by atoms with Crippen LogP contribution < -0.4 is 11.1 Å². The van der Waals surface area contributed by atoms with Crippen molar-refractivity contribution in [2.24, 2.45) is 11.1 Å². The minimum Gasteiger partial charge on any atom is -0.370 e. The van der Waals surface area contributed by atoms with Crippen LogP contribution in [0.3, 0.4) is 0 Å². The van der Waals surface area contributed by atoms with Crippen molar-refractivity contribution in [2.75, 3.05) is 5.75 Å². The molecular weight excluding hydrogens is 440 g/mol. The largest absolute Gasteiger partial charge is 0.370 e. The smallest absolute Gasteiger partial charge is 0.227 e. The van der Waals surface area contributed by atoms with Crippen molar-refractivity contribution in [1.29, 1.82) is 5.26 Å². The Morgan fingerprint density at radius 2 is 1.64 bits per heavy atom. The first-order valence-electron chi connectivity index (χ1n) is 10.4. The lowest BCUT2D eigenvalue weighted by Gasteiger charge is -2.24.